The third-order valence-corrected chi connectivity index (χ3v) is 4.48. The lowest BCUT2D eigenvalue weighted by molar-refractivity contribution is 0.373. The van der Waals surface area contributed by atoms with Crippen molar-refractivity contribution in [1.82, 2.24) is 4.98 Å². The molecular formula is C14H17BrN2S. The Hall–Kier alpha value is -0.710. The lowest BCUT2D eigenvalue weighted by Gasteiger charge is -2.20. The van der Waals surface area contributed by atoms with Gasteiger partial charge in [-0.25, -0.2) is 4.98 Å². The largest absolute Gasteiger partial charge is 0.330 e. The fourth-order valence-corrected chi connectivity index (χ4v) is 3.17. The van der Waals surface area contributed by atoms with Gasteiger partial charge < -0.3 is 5.73 Å². The minimum absolute atomic E-state index is 0.110. The molecule has 2 rings (SSSR count). The zero-order chi connectivity index (χ0) is 13.2. The van der Waals surface area contributed by atoms with Gasteiger partial charge in [-0.2, -0.15) is 0 Å². The summed E-state index contributed by atoms with van der Waals surface area (Å²) in [6.07, 6.45) is 0.921. The van der Waals surface area contributed by atoms with E-state index in [1.807, 2.05) is 18.2 Å². The van der Waals surface area contributed by atoms with Crippen molar-refractivity contribution in [2.75, 3.05) is 6.54 Å². The van der Waals surface area contributed by atoms with Crippen LogP contribution in [0.15, 0.2) is 34.1 Å². The van der Waals surface area contributed by atoms with Gasteiger partial charge in [0.1, 0.15) is 5.01 Å². The molecule has 96 valence electrons. The molecule has 0 fully saturated rings. The quantitative estimate of drug-likeness (QED) is 0.919. The van der Waals surface area contributed by atoms with Crippen molar-refractivity contribution in [1.29, 1.82) is 0 Å². The first kappa shape index (κ1) is 13.7. The van der Waals surface area contributed by atoms with Crippen LogP contribution < -0.4 is 5.73 Å². The maximum Gasteiger partial charge on any atom is 0.124 e. The van der Waals surface area contributed by atoms with E-state index < -0.39 is 0 Å². The highest BCUT2D eigenvalue weighted by Crippen LogP contribution is 2.31. The van der Waals surface area contributed by atoms with Crippen LogP contribution in [-0.4, -0.2) is 11.5 Å². The number of aromatic nitrogens is 1. The molecule has 1 aromatic carbocycles. The molecule has 0 saturated heterocycles. The van der Waals surface area contributed by atoms with E-state index in [-0.39, 0.29) is 5.41 Å². The number of halogens is 1. The molecule has 0 radical (unpaired) electrons. The average molecular weight is 325 g/mol. The van der Waals surface area contributed by atoms with Crippen molar-refractivity contribution in [2.45, 2.75) is 20.3 Å². The zero-order valence-electron chi connectivity index (χ0n) is 10.6. The van der Waals surface area contributed by atoms with Gasteiger partial charge in [-0.15, -0.1) is 11.3 Å². The molecule has 2 aromatic rings. The topological polar surface area (TPSA) is 38.9 Å². The Balaban J connectivity index is 2.24. The van der Waals surface area contributed by atoms with Crippen molar-refractivity contribution in [3.63, 3.8) is 0 Å². The summed E-state index contributed by atoms with van der Waals surface area (Å²) in [5, 5.41) is 3.19. The normalized spacial score (nSPS) is 11.8. The number of thiazole rings is 1. The second kappa shape index (κ2) is 5.51. The lowest BCUT2D eigenvalue weighted by atomic mass is 9.88. The van der Waals surface area contributed by atoms with Crippen LogP contribution in [0.2, 0.25) is 0 Å². The third-order valence-electron chi connectivity index (χ3n) is 2.87. The van der Waals surface area contributed by atoms with Crippen LogP contribution >= 0.6 is 27.3 Å². The van der Waals surface area contributed by atoms with Crippen LogP contribution in [-0.2, 0) is 6.42 Å². The van der Waals surface area contributed by atoms with Crippen molar-refractivity contribution in [2.24, 2.45) is 11.1 Å². The molecule has 2 N–H and O–H groups in total. The fourth-order valence-electron chi connectivity index (χ4n) is 1.71. The second-order valence-electron chi connectivity index (χ2n) is 5.17. The van der Waals surface area contributed by atoms with Crippen molar-refractivity contribution in [3.05, 3.63) is 39.8 Å². The Morgan fingerprint density at radius 3 is 2.72 bits per heavy atom. The molecule has 0 unspecified atom stereocenters. The van der Waals surface area contributed by atoms with Gasteiger partial charge in [-0.05, 0) is 24.4 Å². The molecule has 0 saturated carbocycles. The SMILES string of the molecule is CC(C)(CN)Cc1csc(-c2ccccc2Br)n1. The Bertz CT molecular complexity index is 534. The Morgan fingerprint density at radius 1 is 1.33 bits per heavy atom. The number of nitrogens with zero attached hydrogens (tertiary/aromatic N) is 1. The van der Waals surface area contributed by atoms with Gasteiger partial charge in [0.05, 0.1) is 5.69 Å². The van der Waals surface area contributed by atoms with Crippen LogP contribution in [0.1, 0.15) is 19.5 Å². The molecule has 0 aliphatic carbocycles. The van der Waals surface area contributed by atoms with Crippen LogP contribution in [0.25, 0.3) is 10.6 Å². The summed E-state index contributed by atoms with van der Waals surface area (Å²) < 4.78 is 1.09. The summed E-state index contributed by atoms with van der Waals surface area (Å²) in [5.41, 5.74) is 8.15. The maximum absolute atomic E-state index is 5.76. The predicted molar refractivity (Wildman–Crippen MR) is 81.8 cm³/mol. The Morgan fingerprint density at radius 2 is 2.06 bits per heavy atom. The minimum atomic E-state index is 0.110. The minimum Gasteiger partial charge on any atom is -0.330 e. The van der Waals surface area contributed by atoms with Crippen molar-refractivity contribution in [3.8, 4) is 10.6 Å². The van der Waals surface area contributed by atoms with Crippen molar-refractivity contribution >= 4 is 27.3 Å². The smallest absolute Gasteiger partial charge is 0.124 e. The van der Waals surface area contributed by atoms with Crippen LogP contribution in [0.4, 0.5) is 0 Å². The molecule has 0 atom stereocenters. The van der Waals surface area contributed by atoms with Gasteiger partial charge in [-0.1, -0.05) is 48.0 Å². The van der Waals surface area contributed by atoms with Crippen molar-refractivity contribution < 1.29 is 0 Å². The molecule has 0 aliphatic heterocycles. The van der Waals surface area contributed by atoms with Crippen LogP contribution in [0.5, 0.6) is 0 Å². The first-order valence-electron chi connectivity index (χ1n) is 5.91. The molecule has 1 heterocycles. The predicted octanol–water partition coefficient (Wildman–Crippen LogP) is 4.10. The lowest BCUT2D eigenvalue weighted by Crippen LogP contribution is -2.26. The zero-order valence-corrected chi connectivity index (χ0v) is 13.0. The van der Waals surface area contributed by atoms with Gasteiger partial charge >= 0.3 is 0 Å². The summed E-state index contributed by atoms with van der Waals surface area (Å²) in [6.45, 7) is 5.02. The van der Waals surface area contributed by atoms with E-state index in [2.05, 4.69) is 41.2 Å². The van der Waals surface area contributed by atoms with Gasteiger partial charge in [-0.3, -0.25) is 0 Å². The number of benzene rings is 1. The first-order valence-corrected chi connectivity index (χ1v) is 7.58. The molecule has 0 aliphatic rings. The molecular weight excluding hydrogens is 308 g/mol. The van der Waals surface area contributed by atoms with Gasteiger partial charge in [0.15, 0.2) is 0 Å². The molecule has 4 heteroatoms. The summed E-state index contributed by atoms with van der Waals surface area (Å²) in [6, 6.07) is 8.17. The maximum atomic E-state index is 5.76. The summed E-state index contributed by atoms with van der Waals surface area (Å²) in [7, 11) is 0. The fraction of sp³-hybridized carbons (Fsp3) is 0.357. The Labute approximate surface area is 120 Å². The van der Waals surface area contributed by atoms with Crippen LogP contribution in [0, 0.1) is 5.41 Å². The van der Waals surface area contributed by atoms with E-state index in [9.17, 15) is 0 Å². The molecule has 2 nitrogen and oxygen atoms in total. The molecule has 18 heavy (non-hydrogen) atoms. The number of hydrogen-bond donors (Lipinski definition) is 1. The number of hydrogen-bond acceptors (Lipinski definition) is 3. The number of nitrogens with two attached hydrogens (primary N) is 1. The highest BCUT2D eigenvalue weighted by molar-refractivity contribution is 9.10. The summed E-state index contributed by atoms with van der Waals surface area (Å²) >= 11 is 5.25. The van der Waals surface area contributed by atoms with E-state index in [0.717, 1.165) is 27.2 Å². The highest BCUT2D eigenvalue weighted by atomic mass is 79.9. The summed E-state index contributed by atoms with van der Waals surface area (Å²) in [4.78, 5) is 4.71. The van der Waals surface area contributed by atoms with E-state index in [1.54, 1.807) is 11.3 Å². The molecule has 1 aromatic heterocycles. The van der Waals surface area contributed by atoms with Gasteiger partial charge in [0.25, 0.3) is 0 Å². The van der Waals surface area contributed by atoms with E-state index in [4.69, 9.17) is 10.7 Å². The average Bonchev–Trinajstić information content (AvgIpc) is 2.77. The monoisotopic (exact) mass is 324 g/mol. The van der Waals surface area contributed by atoms with E-state index in [1.165, 1.54) is 0 Å². The third kappa shape index (κ3) is 3.19. The standard InChI is InChI=1S/C14H17BrN2S/c1-14(2,9-16)7-10-8-18-13(17-10)11-5-3-4-6-12(11)15/h3-6,8H,7,9,16H2,1-2H3. The summed E-state index contributed by atoms with van der Waals surface area (Å²) in [5.74, 6) is 0. The second-order valence-corrected chi connectivity index (χ2v) is 6.88. The molecule has 0 bridgehead atoms. The van der Waals surface area contributed by atoms with Gasteiger partial charge in [0, 0.05) is 15.4 Å². The van der Waals surface area contributed by atoms with Crippen LogP contribution in [0.3, 0.4) is 0 Å². The highest BCUT2D eigenvalue weighted by Gasteiger charge is 2.18. The molecule has 0 spiro atoms. The first-order chi connectivity index (χ1) is 8.52. The Kier molecular flexibility index (Phi) is 4.20. The van der Waals surface area contributed by atoms with E-state index in [0.29, 0.717) is 6.54 Å². The number of rotatable bonds is 4. The van der Waals surface area contributed by atoms with E-state index >= 15 is 0 Å². The van der Waals surface area contributed by atoms with Gasteiger partial charge in [0.2, 0.25) is 0 Å². The molecule has 0 amide bonds.